The maximum absolute atomic E-state index is 11.5. The third-order valence-corrected chi connectivity index (χ3v) is 4.43. The van der Waals surface area contributed by atoms with E-state index in [1.54, 1.807) is 6.20 Å². The molecule has 0 radical (unpaired) electrons. The average molecular weight is 327 g/mol. The Balaban J connectivity index is 1.68. The first-order chi connectivity index (χ1) is 11.7. The van der Waals surface area contributed by atoms with Crippen molar-refractivity contribution in [1.82, 2.24) is 9.97 Å². The maximum Gasteiger partial charge on any atom is 0.334 e. The molecule has 1 N–H and O–H groups in total. The number of carbonyl (C=O) groups excluding carboxylic acids is 1. The molecule has 0 aliphatic carbocycles. The van der Waals surface area contributed by atoms with Gasteiger partial charge in [-0.25, -0.2) is 14.8 Å². The monoisotopic (exact) mass is 327 g/mol. The number of benzene rings is 1. The van der Waals surface area contributed by atoms with E-state index in [1.807, 2.05) is 36.4 Å². The van der Waals surface area contributed by atoms with E-state index in [9.17, 15) is 9.90 Å². The van der Waals surface area contributed by atoms with E-state index >= 15 is 0 Å². The van der Waals surface area contributed by atoms with Crippen molar-refractivity contribution in [3.8, 4) is 11.4 Å². The Kier molecular flexibility index (Phi) is 5.05. The fraction of sp³-hybridized carbons (Fsp3) is 0.389. The zero-order valence-electron chi connectivity index (χ0n) is 13.6. The second-order valence-corrected chi connectivity index (χ2v) is 5.90. The van der Waals surface area contributed by atoms with Crippen LogP contribution in [0.1, 0.15) is 12.8 Å². The Morgan fingerprint density at radius 2 is 1.96 bits per heavy atom. The van der Waals surface area contributed by atoms with Crippen LogP contribution >= 0.6 is 0 Å². The van der Waals surface area contributed by atoms with Crippen molar-refractivity contribution >= 4 is 11.8 Å². The summed E-state index contributed by atoms with van der Waals surface area (Å²) in [6.07, 6.45) is 2.17. The van der Waals surface area contributed by atoms with Gasteiger partial charge in [0, 0.05) is 24.8 Å². The number of esters is 1. The summed E-state index contributed by atoms with van der Waals surface area (Å²) in [5.74, 6) is 0.950. The van der Waals surface area contributed by atoms with Crippen LogP contribution in [-0.4, -0.2) is 47.3 Å². The van der Waals surface area contributed by atoms with E-state index in [-0.39, 0.29) is 5.92 Å². The summed E-state index contributed by atoms with van der Waals surface area (Å²) in [6, 6.07) is 11.8. The molecule has 3 rings (SSSR count). The summed E-state index contributed by atoms with van der Waals surface area (Å²) in [5.41, 5.74) is 0.982. The van der Waals surface area contributed by atoms with Crippen LogP contribution in [0.25, 0.3) is 11.4 Å². The van der Waals surface area contributed by atoms with Gasteiger partial charge in [0.05, 0.1) is 7.11 Å². The molecular formula is C18H21N3O3. The van der Waals surface area contributed by atoms with Crippen LogP contribution in [-0.2, 0) is 9.53 Å². The van der Waals surface area contributed by atoms with Gasteiger partial charge < -0.3 is 14.7 Å². The average Bonchev–Trinajstić information content (AvgIpc) is 2.67. The molecule has 24 heavy (non-hydrogen) atoms. The first kappa shape index (κ1) is 16.4. The van der Waals surface area contributed by atoms with Gasteiger partial charge in [0.25, 0.3) is 0 Å². The highest BCUT2D eigenvalue weighted by Gasteiger charge is 2.30. The number of carbonyl (C=O) groups is 1. The number of aliphatic hydroxyl groups excluding tert-OH is 1. The Morgan fingerprint density at radius 3 is 2.62 bits per heavy atom. The maximum atomic E-state index is 11.5. The van der Waals surface area contributed by atoms with Crippen molar-refractivity contribution in [3.05, 3.63) is 42.6 Å². The molecular weight excluding hydrogens is 306 g/mol. The van der Waals surface area contributed by atoms with Crippen LogP contribution < -0.4 is 4.90 Å². The van der Waals surface area contributed by atoms with Crippen LogP contribution in [0.3, 0.4) is 0 Å². The Bertz CT molecular complexity index is 685. The van der Waals surface area contributed by atoms with Crippen LogP contribution in [0.5, 0.6) is 0 Å². The molecule has 0 bridgehead atoms. The fourth-order valence-corrected chi connectivity index (χ4v) is 3.01. The summed E-state index contributed by atoms with van der Waals surface area (Å²) in [6.45, 7) is 1.48. The van der Waals surface area contributed by atoms with Crippen LogP contribution in [0, 0.1) is 5.92 Å². The summed E-state index contributed by atoms with van der Waals surface area (Å²) in [5, 5.41) is 9.97. The quantitative estimate of drug-likeness (QED) is 0.865. The molecule has 1 aliphatic heterocycles. The van der Waals surface area contributed by atoms with E-state index in [2.05, 4.69) is 19.6 Å². The minimum Gasteiger partial charge on any atom is -0.467 e. The van der Waals surface area contributed by atoms with Crippen LogP contribution in [0.4, 0.5) is 5.82 Å². The molecule has 126 valence electrons. The molecule has 6 nitrogen and oxygen atoms in total. The number of rotatable bonds is 4. The number of nitrogens with zero attached hydrogens (tertiary/aromatic N) is 3. The molecule has 0 saturated carbocycles. The van der Waals surface area contributed by atoms with Gasteiger partial charge in [0.15, 0.2) is 11.9 Å². The number of piperidine rings is 1. The lowest BCUT2D eigenvalue weighted by atomic mass is 9.91. The van der Waals surface area contributed by atoms with Crippen molar-refractivity contribution in [3.63, 3.8) is 0 Å². The van der Waals surface area contributed by atoms with E-state index in [0.29, 0.717) is 5.82 Å². The van der Waals surface area contributed by atoms with Crippen molar-refractivity contribution in [1.29, 1.82) is 0 Å². The summed E-state index contributed by atoms with van der Waals surface area (Å²) >= 11 is 0. The third kappa shape index (κ3) is 3.54. The normalized spacial score (nSPS) is 16.7. The van der Waals surface area contributed by atoms with Crippen LogP contribution in [0.15, 0.2) is 42.6 Å². The molecule has 0 spiro atoms. The number of aliphatic hydroxyl groups is 1. The largest absolute Gasteiger partial charge is 0.467 e. The SMILES string of the molecule is COC(=O)C(O)C1CCN(c2ccnc(-c3ccccc3)n2)CC1. The summed E-state index contributed by atoms with van der Waals surface area (Å²) in [7, 11) is 1.30. The Morgan fingerprint density at radius 1 is 1.25 bits per heavy atom. The first-order valence-corrected chi connectivity index (χ1v) is 8.08. The van der Waals surface area contributed by atoms with E-state index in [1.165, 1.54) is 7.11 Å². The Hall–Kier alpha value is -2.47. The zero-order chi connectivity index (χ0) is 16.9. The number of aromatic nitrogens is 2. The second-order valence-electron chi connectivity index (χ2n) is 5.90. The molecule has 1 aromatic carbocycles. The van der Waals surface area contributed by atoms with Gasteiger partial charge in [-0.15, -0.1) is 0 Å². The van der Waals surface area contributed by atoms with E-state index in [4.69, 9.17) is 0 Å². The molecule has 1 aromatic heterocycles. The second kappa shape index (κ2) is 7.40. The van der Waals surface area contributed by atoms with Gasteiger partial charge in [0.1, 0.15) is 5.82 Å². The van der Waals surface area contributed by atoms with E-state index < -0.39 is 12.1 Å². The Labute approximate surface area is 141 Å². The number of ether oxygens (including phenoxy) is 1. The smallest absolute Gasteiger partial charge is 0.334 e. The highest BCUT2D eigenvalue weighted by molar-refractivity contribution is 5.74. The molecule has 1 fully saturated rings. The lowest BCUT2D eigenvalue weighted by molar-refractivity contribution is -0.153. The van der Waals surface area contributed by atoms with E-state index in [0.717, 1.165) is 37.3 Å². The lowest BCUT2D eigenvalue weighted by Gasteiger charge is -2.34. The molecule has 2 heterocycles. The summed E-state index contributed by atoms with van der Waals surface area (Å²) < 4.78 is 4.62. The molecule has 1 atom stereocenters. The third-order valence-electron chi connectivity index (χ3n) is 4.43. The highest BCUT2D eigenvalue weighted by atomic mass is 16.5. The molecule has 1 unspecified atom stereocenters. The number of hydrogen-bond acceptors (Lipinski definition) is 6. The minimum atomic E-state index is -1.04. The first-order valence-electron chi connectivity index (χ1n) is 8.08. The molecule has 1 saturated heterocycles. The zero-order valence-corrected chi connectivity index (χ0v) is 13.6. The molecule has 2 aromatic rings. The number of hydrogen-bond donors (Lipinski definition) is 1. The van der Waals surface area contributed by atoms with Gasteiger partial charge >= 0.3 is 5.97 Å². The van der Waals surface area contributed by atoms with Crippen molar-refractivity contribution < 1.29 is 14.6 Å². The van der Waals surface area contributed by atoms with Crippen molar-refractivity contribution in [2.45, 2.75) is 18.9 Å². The van der Waals surface area contributed by atoms with Gasteiger partial charge in [-0.2, -0.15) is 0 Å². The minimum absolute atomic E-state index is 0.0656. The van der Waals surface area contributed by atoms with Crippen molar-refractivity contribution in [2.24, 2.45) is 5.92 Å². The lowest BCUT2D eigenvalue weighted by Crippen LogP contribution is -2.41. The number of methoxy groups -OCH3 is 1. The number of anilines is 1. The standard InChI is InChI=1S/C18H21N3O3/c1-24-18(23)16(22)13-8-11-21(12-9-13)15-7-10-19-17(20-15)14-5-3-2-4-6-14/h2-7,10,13,16,22H,8-9,11-12H2,1H3. The van der Waals surface area contributed by atoms with Gasteiger partial charge in [-0.05, 0) is 24.8 Å². The van der Waals surface area contributed by atoms with Crippen LogP contribution in [0.2, 0.25) is 0 Å². The summed E-state index contributed by atoms with van der Waals surface area (Å²) in [4.78, 5) is 22.6. The predicted octanol–water partition coefficient (Wildman–Crippen LogP) is 1.89. The van der Waals surface area contributed by atoms with Gasteiger partial charge in [-0.3, -0.25) is 0 Å². The highest BCUT2D eigenvalue weighted by Crippen LogP contribution is 2.25. The van der Waals surface area contributed by atoms with Crippen molar-refractivity contribution in [2.75, 3.05) is 25.1 Å². The van der Waals surface area contributed by atoms with Gasteiger partial charge in [0.2, 0.25) is 0 Å². The predicted molar refractivity (Wildman–Crippen MR) is 90.4 cm³/mol. The van der Waals surface area contributed by atoms with Gasteiger partial charge in [-0.1, -0.05) is 30.3 Å². The fourth-order valence-electron chi connectivity index (χ4n) is 3.01. The molecule has 0 amide bonds. The molecule has 6 heteroatoms. The topological polar surface area (TPSA) is 75.6 Å². The molecule has 1 aliphatic rings.